The number of hydrogen-bond donors (Lipinski definition) is 1. The second-order valence-corrected chi connectivity index (χ2v) is 6.52. The molecule has 2 aromatic carbocycles. The summed E-state index contributed by atoms with van der Waals surface area (Å²) in [5.41, 5.74) is 4.56. The minimum Gasteiger partial charge on any atom is -0.490 e. The van der Waals surface area contributed by atoms with Crippen molar-refractivity contribution in [2.45, 2.75) is 25.7 Å². The van der Waals surface area contributed by atoms with Gasteiger partial charge in [0.2, 0.25) is 5.91 Å². The van der Waals surface area contributed by atoms with Crippen molar-refractivity contribution in [1.82, 2.24) is 5.43 Å². The van der Waals surface area contributed by atoms with Crippen molar-refractivity contribution in [3.8, 4) is 11.5 Å². The number of carbonyl (C=O) groups is 1. The quantitative estimate of drug-likeness (QED) is 0.410. The van der Waals surface area contributed by atoms with E-state index in [-0.39, 0.29) is 5.91 Å². The minimum atomic E-state index is -0.150. The van der Waals surface area contributed by atoms with Crippen molar-refractivity contribution in [2.75, 3.05) is 19.0 Å². The van der Waals surface area contributed by atoms with E-state index >= 15 is 0 Å². The summed E-state index contributed by atoms with van der Waals surface area (Å²) in [6, 6.07) is 13.6. The van der Waals surface area contributed by atoms with Crippen LogP contribution in [0.1, 0.15) is 25.0 Å². The molecule has 6 heteroatoms. The normalized spacial score (nSPS) is 10.7. The molecule has 0 heterocycles. The van der Waals surface area contributed by atoms with Crippen LogP contribution in [0.25, 0.3) is 0 Å². The van der Waals surface area contributed by atoms with Crippen molar-refractivity contribution in [3.63, 3.8) is 0 Å². The predicted octanol–water partition coefficient (Wildman–Crippen LogP) is 4.03. The van der Waals surface area contributed by atoms with Crippen LogP contribution < -0.4 is 14.9 Å². The second-order valence-electron chi connectivity index (χ2n) is 5.47. The van der Waals surface area contributed by atoms with E-state index in [1.165, 1.54) is 17.3 Å². The summed E-state index contributed by atoms with van der Waals surface area (Å²) in [6.45, 7) is 7.00. The summed E-state index contributed by atoms with van der Waals surface area (Å²) in [5, 5.41) is 4.01. The number of amides is 1. The van der Waals surface area contributed by atoms with E-state index < -0.39 is 0 Å². The summed E-state index contributed by atoms with van der Waals surface area (Å²) in [6.07, 6.45) is 1.59. The molecule has 0 saturated heterocycles. The molecule has 0 atom stereocenters. The average molecular weight is 372 g/mol. The number of benzene rings is 2. The molecule has 0 unspecified atom stereocenters. The average Bonchev–Trinajstić information content (AvgIpc) is 2.64. The molecule has 0 radical (unpaired) electrons. The number of carbonyl (C=O) groups excluding carboxylic acids is 1. The molecular weight excluding hydrogens is 348 g/mol. The van der Waals surface area contributed by atoms with Crippen LogP contribution >= 0.6 is 11.8 Å². The number of nitrogens with zero attached hydrogens (tertiary/aromatic N) is 1. The fourth-order valence-electron chi connectivity index (χ4n) is 2.14. The molecule has 5 nitrogen and oxygen atoms in total. The standard InChI is InChI=1S/C20H24N2O3S/c1-4-24-18-11-8-16(12-19(18)25-5-2)13-21-22-20(23)14-26-17-9-6-15(3)7-10-17/h6-13H,4-5,14H2,1-3H3,(H,22,23)/b21-13-. The molecule has 0 fully saturated rings. The Morgan fingerprint density at radius 3 is 2.46 bits per heavy atom. The Bertz CT molecular complexity index is 745. The van der Waals surface area contributed by atoms with Crippen LogP contribution in [-0.2, 0) is 4.79 Å². The Kier molecular flexibility index (Phi) is 8.02. The number of hydrogen-bond acceptors (Lipinski definition) is 5. The van der Waals surface area contributed by atoms with Crippen LogP contribution in [0.3, 0.4) is 0 Å². The van der Waals surface area contributed by atoms with Crippen molar-refractivity contribution in [1.29, 1.82) is 0 Å². The van der Waals surface area contributed by atoms with Gasteiger partial charge in [-0.1, -0.05) is 17.7 Å². The fraction of sp³-hybridized carbons (Fsp3) is 0.300. The molecule has 0 spiro atoms. The van der Waals surface area contributed by atoms with Crippen LogP contribution in [0, 0.1) is 6.92 Å². The molecule has 2 rings (SSSR count). The van der Waals surface area contributed by atoms with E-state index in [0.29, 0.717) is 30.5 Å². The van der Waals surface area contributed by atoms with Gasteiger partial charge in [-0.25, -0.2) is 5.43 Å². The lowest BCUT2D eigenvalue weighted by Gasteiger charge is -2.11. The van der Waals surface area contributed by atoms with Gasteiger partial charge in [0.25, 0.3) is 0 Å². The van der Waals surface area contributed by atoms with Gasteiger partial charge in [-0.15, -0.1) is 11.8 Å². The highest BCUT2D eigenvalue weighted by atomic mass is 32.2. The first kappa shape index (κ1) is 19.8. The van der Waals surface area contributed by atoms with Crippen LogP contribution in [-0.4, -0.2) is 31.1 Å². The van der Waals surface area contributed by atoms with Crippen molar-refractivity contribution in [3.05, 3.63) is 53.6 Å². The van der Waals surface area contributed by atoms with Crippen LogP contribution in [0.5, 0.6) is 11.5 Å². The topological polar surface area (TPSA) is 59.9 Å². The van der Waals surface area contributed by atoms with E-state index in [0.717, 1.165) is 10.5 Å². The zero-order chi connectivity index (χ0) is 18.8. The van der Waals surface area contributed by atoms with Gasteiger partial charge in [-0.3, -0.25) is 4.79 Å². The van der Waals surface area contributed by atoms with Crippen molar-refractivity contribution in [2.24, 2.45) is 5.10 Å². The van der Waals surface area contributed by atoms with E-state index in [1.807, 2.05) is 63.2 Å². The summed E-state index contributed by atoms with van der Waals surface area (Å²) in [4.78, 5) is 12.9. The summed E-state index contributed by atoms with van der Waals surface area (Å²) in [7, 11) is 0. The third kappa shape index (κ3) is 6.44. The molecule has 0 aromatic heterocycles. The maximum Gasteiger partial charge on any atom is 0.250 e. The number of thioether (sulfide) groups is 1. The molecule has 0 saturated carbocycles. The highest BCUT2D eigenvalue weighted by molar-refractivity contribution is 8.00. The van der Waals surface area contributed by atoms with E-state index in [1.54, 1.807) is 6.21 Å². The number of hydrazone groups is 1. The SMILES string of the molecule is CCOc1ccc(/C=N\NC(=O)CSc2ccc(C)cc2)cc1OCC. The van der Waals surface area contributed by atoms with Crippen molar-refractivity contribution < 1.29 is 14.3 Å². The fourth-order valence-corrected chi connectivity index (χ4v) is 2.83. The Morgan fingerprint density at radius 2 is 1.77 bits per heavy atom. The smallest absolute Gasteiger partial charge is 0.250 e. The summed E-state index contributed by atoms with van der Waals surface area (Å²) >= 11 is 1.48. The van der Waals surface area contributed by atoms with Gasteiger partial charge >= 0.3 is 0 Å². The number of aryl methyl sites for hydroxylation is 1. The van der Waals surface area contributed by atoms with E-state index in [4.69, 9.17) is 9.47 Å². The molecule has 26 heavy (non-hydrogen) atoms. The van der Waals surface area contributed by atoms with Crippen molar-refractivity contribution >= 4 is 23.9 Å². The first-order valence-electron chi connectivity index (χ1n) is 8.53. The number of nitrogens with one attached hydrogen (secondary N) is 1. The Balaban J connectivity index is 1.87. The monoisotopic (exact) mass is 372 g/mol. The molecule has 0 aliphatic carbocycles. The molecule has 0 bridgehead atoms. The zero-order valence-electron chi connectivity index (χ0n) is 15.3. The maximum absolute atomic E-state index is 11.9. The van der Waals surface area contributed by atoms with Crippen LogP contribution in [0.15, 0.2) is 52.5 Å². The maximum atomic E-state index is 11.9. The zero-order valence-corrected chi connectivity index (χ0v) is 16.1. The third-order valence-electron chi connectivity index (χ3n) is 3.36. The molecule has 2 aromatic rings. The van der Waals surface area contributed by atoms with Gasteiger partial charge in [-0.2, -0.15) is 5.10 Å². The summed E-state index contributed by atoms with van der Waals surface area (Å²) in [5.74, 6) is 1.53. The minimum absolute atomic E-state index is 0.150. The highest BCUT2D eigenvalue weighted by Gasteiger charge is 2.05. The van der Waals surface area contributed by atoms with Crippen LogP contribution in [0.4, 0.5) is 0 Å². The van der Waals surface area contributed by atoms with Gasteiger partial charge in [0.1, 0.15) is 0 Å². The highest BCUT2D eigenvalue weighted by Crippen LogP contribution is 2.28. The van der Waals surface area contributed by atoms with Gasteiger partial charge in [0.15, 0.2) is 11.5 Å². The van der Waals surface area contributed by atoms with Gasteiger partial charge in [0.05, 0.1) is 25.2 Å². The lowest BCUT2D eigenvalue weighted by molar-refractivity contribution is -0.118. The molecule has 1 N–H and O–H groups in total. The third-order valence-corrected chi connectivity index (χ3v) is 4.37. The summed E-state index contributed by atoms with van der Waals surface area (Å²) < 4.78 is 11.1. The predicted molar refractivity (Wildman–Crippen MR) is 106 cm³/mol. The first-order valence-corrected chi connectivity index (χ1v) is 9.52. The number of rotatable bonds is 9. The lowest BCUT2D eigenvalue weighted by atomic mass is 10.2. The lowest BCUT2D eigenvalue weighted by Crippen LogP contribution is -2.19. The largest absolute Gasteiger partial charge is 0.490 e. The molecular formula is C20H24N2O3S. The van der Waals surface area contributed by atoms with Crippen LogP contribution in [0.2, 0.25) is 0 Å². The Labute approximate surface area is 158 Å². The van der Waals surface area contributed by atoms with E-state index in [2.05, 4.69) is 10.5 Å². The molecule has 0 aliphatic rings. The first-order chi connectivity index (χ1) is 12.6. The number of ether oxygens (including phenoxy) is 2. The second kappa shape index (κ2) is 10.5. The molecule has 1 amide bonds. The molecule has 0 aliphatic heterocycles. The Morgan fingerprint density at radius 1 is 1.08 bits per heavy atom. The molecule has 138 valence electrons. The van der Waals surface area contributed by atoms with Gasteiger partial charge in [0, 0.05) is 4.90 Å². The van der Waals surface area contributed by atoms with Gasteiger partial charge in [-0.05, 0) is 56.7 Å². The van der Waals surface area contributed by atoms with E-state index in [9.17, 15) is 4.79 Å². The Hall–Kier alpha value is -2.47. The van der Waals surface area contributed by atoms with Gasteiger partial charge < -0.3 is 9.47 Å².